The maximum atomic E-state index is 13.0. The molecular weight excluding hydrogens is 364 g/mol. The highest BCUT2D eigenvalue weighted by atomic mass is 16.2. The molecule has 0 radical (unpaired) electrons. The van der Waals surface area contributed by atoms with Gasteiger partial charge in [0.05, 0.1) is 5.54 Å². The quantitative estimate of drug-likeness (QED) is 0.621. The summed E-state index contributed by atoms with van der Waals surface area (Å²) in [5, 5.41) is 6.07. The molecule has 160 valence electrons. The minimum Gasteiger partial charge on any atom is -0.354 e. The lowest BCUT2D eigenvalue weighted by Crippen LogP contribution is -2.58. The molecule has 1 aliphatic carbocycles. The molecule has 1 heterocycles. The number of nitrogens with one attached hydrogen (secondary N) is 2. The van der Waals surface area contributed by atoms with Gasteiger partial charge in [-0.1, -0.05) is 50.1 Å². The maximum Gasteiger partial charge on any atom is 0.242 e. The fourth-order valence-electron chi connectivity index (χ4n) is 4.47. The van der Waals surface area contributed by atoms with Gasteiger partial charge in [-0.25, -0.2) is 0 Å². The first-order valence-electron chi connectivity index (χ1n) is 11.1. The van der Waals surface area contributed by atoms with Gasteiger partial charge in [0.1, 0.15) is 6.04 Å². The van der Waals surface area contributed by atoms with E-state index in [9.17, 15) is 9.59 Å². The van der Waals surface area contributed by atoms with Crippen LogP contribution in [-0.2, 0) is 16.0 Å². The Morgan fingerprint density at radius 1 is 1.17 bits per heavy atom. The molecule has 0 aromatic heterocycles. The lowest BCUT2D eigenvalue weighted by Gasteiger charge is -2.31. The van der Waals surface area contributed by atoms with E-state index in [0.29, 0.717) is 31.7 Å². The number of carbonyl (C=O) groups is 2. The van der Waals surface area contributed by atoms with E-state index in [-0.39, 0.29) is 11.8 Å². The van der Waals surface area contributed by atoms with Crippen LogP contribution in [-0.4, -0.2) is 54.5 Å². The Balaban J connectivity index is 1.59. The van der Waals surface area contributed by atoms with Crippen LogP contribution < -0.4 is 16.4 Å². The summed E-state index contributed by atoms with van der Waals surface area (Å²) in [6, 6.07) is 9.24. The molecule has 6 nitrogen and oxygen atoms in total. The molecule has 2 aliphatic rings. The van der Waals surface area contributed by atoms with Gasteiger partial charge in [-0.2, -0.15) is 0 Å². The van der Waals surface area contributed by atoms with Crippen molar-refractivity contribution in [2.75, 3.05) is 26.2 Å². The van der Waals surface area contributed by atoms with Gasteiger partial charge in [-0.3, -0.25) is 9.59 Å². The molecule has 1 saturated carbocycles. The first-order chi connectivity index (χ1) is 14.0. The molecule has 0 bridgehead atoms. The molecule has 2 fully saturated rings. The van der Waals surface area contributed by atoms with Gasteiger partial charge in [0.25, 0.3) is 0 Å². The van der Waals surface area contributed by atoms with E-state index in [1.54, 1.807) is 0 Å². The van der Waals surface area contributed by atoms with Crippen molar-refractivity contribution in [3.8, 4) is 0 Å². The zero-order valence-corrected chi connectivity index (χ0v) is 17.7. The van der Waals surface area contributed by atoms with Crippen molar-refractivity contribution in [2.24, 2.45) is 11.7 Å². The third kappa shape index (κ3) is 6.03. The highest BCUT2D eigenvalue weighted by Crippen LogP contribution is 2.27. The number of nitrogens with two attached hydrogens (primary N) is 1. The van der Waals surface area contributed by atoms with Crippen molar-refractivity contribution in [2.45, 2.75) is 63.5 Å². The summed E-state index contributed by atoms with van der Waals surface area (Å²) in [6.45, 7) is 6.14. The SMILES string of the molecule is CCN1CCC(CNC(=O)[C@@H](Cc2ccccc2)NC(=O)C2(N)CCCC2)CC1. The fourth-order valence-corrected chi connectivity index (χ4v) is 4.47. The second kappa shape index (κ2) is 10.2. The third-order valence-electron chi connectivity index (χ3n) is 6.57. The normalized spacial score (nSPS) is 20.9. The predicted octanol–water partition coefficient (Wildman–Crippen LogP) is 1.83. The van der Waals surface area contributed by atoms with Crippen LogP contribution in [0.15, 0.2) is 30.3 Å². The van der Waals surface area contributed by atoms with Gasteiger partial charge in [-0.15, -0.1) is 0 Å². The molecule has 29 heavy (non-hydrogen) atoms. The summed E-state index contributed by atoms with van der Waals surface area (Å²) >= 11 is 0. The number of piperidine rings is 1. The second-order valence-electron chi connectivity index (χ2n) is 8.70. The molecule has 1 atom stereocenters. The van der Waals surface area contributed by atoms with Crippen molar-refractivity contribution in [3.05, 3.63) is 35.9 Å². The number of nitrogens with zero attached hydrogens (tertiary/aromatic N) is 1. The Morgan fingerprint density at radius 3 is 2.45 bits per heavy atom. The van der Waals surface area contributed by atoms with Gasteiger partial charge < -0.3 is 21.3 Å². The number of benzene rings is 1. The zero-order valence-electron chi connectivity index (χ0n) is 17.7. The molecule has 0 spiro atoms. The highest BCUT2D eigenvalue weighted by molar-refractivity contribution is 5.92. The fraction of sp³-hybridized carbons (Fsp3) is 0.652. The van der Waals surface area contributed by atoms with Crippen molar-refractivity contribution in [1.82, 2.24) is 15.5 Å². The van der Waals surface area contributed by atoms with E-state index >= 15 is 0 Å². The Kier molecular flexibility index (Phi) is 7.67. The molecule has 1 aliphatic heterocycles. The van der Waals surface area contributed by atoms with Crippen LogP contribution in [0.1, 0.15) is 51.0 Å². The average Bonchev–Trinajstić information content (AvgIpc) is 3.20. The largest absolute Gasteiger partial charge is 0.354 e. The van der Waals surface area contributed by atoms with Crippen molar-refractivity contribution < 1.29 is 9.59 Å². The molecule has 6 heteroatoms. The molecule has 4 N–H and O–H groups in total. The lowest BCUT2D eigenvalue weighted by molar-refractivity contribution is -0.132. The van der Waals surface area contributed by atoms with Crippen molar-refractivity contribution in [1.29, 1.82) is 0 Å². The summed E-state index contributed by atoms with van der Waals surface area (Å²) in [7, 11) is 0. The molecule has 3 rings (SSSR count). The average molecular weight is 401 g/mol. The van der Waals surface area contributed by atoms with Crippen LogP contribution in [0.4, 0.5) is 0 Å². The molecule has 2 amide bonds. The van der Waals surface area contributed by atoms with E-state index < -0.39 is 11.6 Å². The number of likely N-dealkylation sites (tertiary alicyclic amines) is 1. The minimum atomic E-state index is -0.831. The standard InChI is InChI=1S/C23H36N4O2/c1-2-27-14-10-19(11-15-27)17-25-21(28)20(16-18-8-4-3-5-9-18)26-22(29)23(24)12-6-7-13-23/h3-5,8-9,19-20H,2,6-7,10-17,24H2,1H3,(H,25,28)(H,26,29)/t20-/m1/s1. The summed E-state index contributed by atoms with van der Waals surface area (Å²) < 4.78 is 0. The second-order valence-corrected chi connectivity index (χ2v) is 8.70. The number of amides is 2. The van der Waals surface area contributed by atoms with E-state index in [2.05, 4.69) is 22.5 Å². The zero-order chi connectivity index (χ0) is 20.7. The van der Waals surface area contributed by atoms with E-state index in [1.807, 2.05) is 30.3 Å². The van der Waals surface area contributed by atoms with Crippen LogP contribution >= 0.6 is 0 Å². The summed E-state index contributed by atoms with van der Waals surface area (Å²) in [5.41, 5.74) is 6.51. The van der Waals surface area contributed by atoms with Crippen LogP contribution in [0.3, 0.4) is 0 Å². The Morgan fingerprint density at radius 2 is 1.83 bits per heavy atom. The van der Waals surface area contributed by atoms with Crippen LogP contribution in [0.2, 0.25) is 0 Å². The minimum absolute atomic E-state index is 0.110. The van der Waals surface area contributed by atoms with Crippen molar-refractivity contribution >= 4 is 11.8 Å². The van der Waals surface area contributed by atoms with Crippen LogP contribution in [0.25, 0.3) is 0 Å². The molecule has 1 aromatic rings. The lowest BCUT2D eigenvalue weighted by atomic mass is 9.95. The van der Waals surface area contributed by atoms with Crippen LogP contribution in [0.5, 0.6) is 0 Å². The maximum absolute atomic E-state index is 13.0. The topological polar surface area (TPSA) is 87.5 Å². The molecule has 0 unspecified atom stereocenters. The van der Waals surface area contributed by atoms with E-state index in [4.69, 9.17) is 5.73 Å². The smallest absolute Gasteiger partial charge is 0.242 e. The van der Waals surface area contributed by atoms with Gasteiger partial charge in [0.15, 0.2) is 0 Å². The Hall–Kier alpha value is -1.92. The first-order valence-corrected chi connectivity index (χ1v) is 11.1. The summed E-state index contributed by atoms with van der Waals surface area (Å²) in [5.74, 6) is 0.203. The molecular formula is C23H36N4O2. The van der Waals surface area contributed by atoms with Gasteiger partial charge in [0.2, 0.25) is 11.8 Å². The van der Waals surface area contributed by atoms with Crippen molar-refractivity contribution in [3.63, 3.8) is 0 Å². The Labute approximate surface area is 174 Å². The number of hydrogen-bond acceptors (Lipinski definition) is 4. The summed E-state index contributed by atoms with van der Waals surface area (Å²) in [6.07, 6.45) is 6.00. The van der Waals surface area contributed by atoms with E-state index in [0.717, 1.165) is 50.9 Å². The highest BCUT2D eigenvalue weighted by Gasteiger charge is 2.38. The third-order valence-corrected chi connectivity index (χ3v) is 6.57. The number of carbonyl (C=O) groups excluding carboxylic acids is 2. The number of rotatable bonds is 8. The molecule has 1 aromatic carbocycles. The number of hydrogen-bond donors (Lipinski definition) is 3. The first kappa shape index (κ1) is 21.8. The van der Waals surface area contributed by atoms with Crippen LogP contribution in [0, 0.1) is 5.92 Å². The molecule has 1 saturated heterocycles. The Bertz CT molecular complexity index is 665. The van der Waals surface area contributed by atoms with Gasteiger partial charge in [0, 0.05) is 13.0 Å². The summed E-state index contributed by atoms with van der Waals surface area (Å²) in [4.78, 5) is 28.3. The predicted molar refractivity (Wildman–Crippen MR) is 115 cm³/mol. The van der Waals surface area contributed by atoms with E-state index in [1.165, 1.54) is 0 Å². The van der Waals surface area contributed by atoms with Gasteiger partial charge >= 0.3 is 0 Å². The monoisotopic (exact) mass is 400 g/mol. The van der Waals surface area contributed by atoms with Gasteiger partial charge in [-0.05, 0) is 56.8 Å².